The fourth-order valence-corrected chi connectivity index (χ4v) is 4.85. The van der Waals surface area contributed by atoms with Crippen molar-refractivity contribution in [2.45, 2.75) is 32.1 Å². The average Bonchev–Trinajstić information content (AvgIpc) is 3.61. The van der Waals surface area contributed by atoms with Crippen molar-refractivity contribution in [1.29, 1.82) is 0 Å². The normalized spacial score (nSPS) is 16.2. The fraction of sp³-hybridized carbons (Fsp3) is 0.280. The fourth-order valence-electron chi connectivity index (χ4n) is 4.85. The molecule has 0 bridgehead atoms. The molecule has 0 saturated carbocycles. The summed E-state index contributed by atoms with van der Waals surface area (Å²) in [6.45, 7) is 2.38. The predicted octanol–water partition coefficient (Wildman–Crippen LogP) is 4.01. The number of pyridine rings is 1. The number of hydrogen-bond acceptors (Lipinski definition) is 6. The van der Waals surface area contributed by atoms with Crippen LogP contribution in [-0.2, 0) is 17.5 Å². The summed E-state index contributed by atoms with van der Waals surface area (Å²) < 4.78 is 63.2. The zero-order valence-electron chi connectivity index (χ0n) is 20.0. The van der Waals surface area contributed by atoms with E-state index in [1.54, 1.807) is 17.5 Å². The number of benzene rings is 1. The van der Waals surface area contributed by atoms with E-state index in [2.05, 4.69) is 15.0 Å². The highest BCUT2D eigenvalue weighted by Crippen LogP contribution is 2.30. The van der Waals surface area contributed by atoms with Gasteiger partial charge in [-0.15, -0.1) is 0 Å². The van der Waals surface area contributed by atoms with Crippen molar-refractivity contribution in [1.82, 2.24) is 28.7 Å². The Labute approximate surface area is 212 Å². The first-order valence-corrected chi connectivity index (χ1v) is 11.8. The molecule has 4 aromatic heterocycles. The molecule has 1 atom stereocenters. The quantitative estimate of drug-likeness (QED) is 0.355. The van der Waals surface area contributed by atoms with Gasteiger partial charge >= 0.3 is 6.18 Å². The first-order valence-electron chi connectivity index (χ1n) is 11.8. The monoisotopic (exact) mass is 527 g/mol. The molecule has 38 heavy (non-hydrogen) atoms. The van der Waals surface area contributed by atoms with Gasteiger partial charge in [0.05, 0.1) is 53.2 Å². The van der Waals surface area contributed by atoms with E-state index in [1.165, 1.54) is 27.6 Å². The van der Waals surface area contributed by atoms with Crippen LogP contribution in [0.25, 0.3) is 22.2 Å². The van der Waals surface area contributed by atoms with Crippen molar-refractivity contribution in [3.05, 3.63) is 71.3 Å². The van der Waals surface area contributed by atoms with Crippen LogP contribution in [0.1, 0.15) is 33.9 Å². The van der Waals surface area contributed by atoms with Crippen molar-refractivity contribution in [3.8, 4) is 0 Å². The molecular weight excluding hydrogens is 506 g/mol. The summed E-state index contributed by atoms with van der Waals surface area (Å²) in [6.07, 6.45) is -0.0548. The molecule has 1 aliphatic rings. The van der Waals surface area contributed by atoms with Crippen LogP contribution >= 0.6 is 0 Å². The molecule has 0 aliphatic carbocycles. The van der Waals surface area contributed by atoms with Gasteiger partial charge < -0.3 is 19.8 Å². The van der Waals surface area contributed by atoms with E-state index in [9.17, 15) is 18.0 Å². The molecule has 1 aromatic carbocycles. The van der Waals surface area contributed by atoms with Gasteiger partial charge in [0, 0.05) is 25.1 Å². The van der Waals surface area contributed by atoms with Crippen molar-refractivity contribution < 1.29 is 27.1 Å². The highest BCUT2D eigenvalue weighted by Gasteiger charge is 2.32. The third-order valence-corrected chi connectivity index (χ3v) is 6.74. The van der Waals surface area contributed by atoms with Crippen molar-refractivity contribution >= 4 is 33.9 Å². The van der Waals surface area contributed by atoms with Gasteiger partial charge in [-0.25, -0.2) is 19.3 Å². The molecule has 5 aromatic rings. The molecule has 2 N–H and O–H groups in total. The first kappa shape index (κ1) is 24.1. The number of ether oxygens (including phenoxy) is 1. The summed E-state index contributed by atoms with van der Waals surface area (Å²) in [4.78, 5) is 28.1. The second kappa shape index (κ2) is 8.65. The van der Waals surface area contributed by atoms with Gasteiger partial charge in [-0.2, -0.15) is 13.2 Å². The number of hydrogen-bond donors (Lipinski definition) is 1. The number of nitrogen functional groups attached to an aromatic ring is 1. The van der Waals surface area contributed by atoms with E-state index in [0.717, 1.165) is 18.3 Å². The van der Waals surface area contributed by atoms with Crippen LogP contribution in [0.3, 0.4) is 0 Å². The lowest BCUT2D eigenvalue weighted by Crippen LogP contribution is -2.40. The number of amides is 1. The number of anilines is 1. The Kier molecular flexibility index (Phi) is 5.49. The number of rotatable bonds is 4. The first-order chi connectivity index (χ1) is 18.1. The molecular formula is C25H21F4N7O2. The van der Waals surface area contributed by atoms with Crippen LogP contribution in [0, 0.1) is 12.7 Å². The zero-order valence-corrected chi connectivity index (χ0v) is 20.0. The molecule has 1 amide bonds. The lowest BCUT2D eigenvalue weighted by molar-refractivity contribution is -0.137. The van der Waals surface area contributed by atoms with Gasteiger partial charge in [0.2, 0.25) is 0 Å². The summed E-state index contributed by atoms with van der Waals surface area (Å²) in [7, 11) is 0. The van der Waals surface area contributed by atoms with E-state index >= 15 is 4.39 Å². The molecule has 0 spiro atoms. The number of fused-ring (bicyclic) bond motifs is 4. The van der Waals surface area contributed by atoms with E-state index < -0.39 is 23.5 Å². The molecule has 1 saturated heterocycles. The third-order valence-electron chi connectivity index (χ3n) is 6.74. The number of alkyl halides is 3. The minimum absolute atomic E-state index is 0.0487. The van der Waals surface area contributed by atoms with Crippen LogP contribution in [0.15, 0.2) is 42.9 Å². The molecule has 1 unspecified atom stereocenters. The van der Waals surface area contributed by atoms with Crippen LogP contribution < -0.4 is 5.73 Å². The molecule has 13 heteroatoms. The number of imidazole rings is 2. The highest BCUT2D eigenvalue weighted by atomic mass is 19.4. The molecule has 6 rings (SSSR count). The molecule has 1 fully saturated rings. The SMILES string of the molecule is Cc1ncc2c(N)nc3cc(F)c(C(=O)N(Cc4cn5cc(C(F)(F)F)ccc5n4)C4CCOC4)cc3n12. The number of carbonyl (C=O) groups is 1. The van der Waals surface area contributed by atoms with Gasteiger partial charge in [-0.1, -0.05) is 0 Å². The zero-order chi connectivity index (χ0) is 26.8. The average molecular weight is 527 g/mol. The second-order valence-corrected chi connectivity index (χ2v) is 9.21. The largest absolute Gasteiger partial charge is 0.417 e. The molecule has 196 valence electrons. The van der Waals surface area contributed by atoms with Crippen molar-refractivity contribution in [3.63, 3.8) is 0 Å². The summed E-state index contributed by atoms with van der Waals surface area (Å²) in [6, 6.07) is 4.42. The lowest BCUT2D eigenvalue weighted by atomic mass is 10.1. The van der Waals surface area contributed by atoms with Crippen molar-refractivity contribution in [2.75, 3.05) is 18.9 Å². The maximum atomic E-state index is 15.3. The van der Waals surface area contributed by atoms with Crippen molar-refractivity contribution in [2.24, 2.45) is 0 Å². The number of aromatic nitrogens is 5. The van der Waals surface area contributed by atoms with Crippen LogP contribution in [-0.4, -0.2) is 53.8 Å². The topological polar surface area (TPSA) is 103 Å². The minimum Gasteiger partial charge on any atom is -0.382 e. The Bertz CT molecular complexity index is 1720. The Balaban J connectivity index is 1.41. The van der Waals surface area contributed by atoms with E-state index in [4.69, 9.17) is 10.5 Å². The second-order valence-electron chi connectivity index (χ2n) is 9.21. The number of nitrogens with two attached hydrogens (primary N) is 1. The Morgan fingerprint density at radius 3 is 2.76 bits per heavy atom. The van der Waals surface area contributed by atoms with Crippen LogP contribution in [0.2, 0.25) is 0 Å². The lowest BCUT2D eigenvalue weighted by Gasteiger charge is -2.27. The Morgan fingerprint density at radius 1 is 1.21 bits per heavy atom. The summed E-state index contributed by atoms with van der Waals surface area (Å²) in [5, 5.41) is 0. The van der Waals surface area contributed by atoms with E-state index in [0.29, 0.717) is 41.2 Å². The van der Waals surface area contributed by atoms with Crippen LogP contribution in [0.5, 0.6) is 0 Å². The van der Waals surface area contributed by atoms with Gasteiger partial charge in [0.15, 0.2) is 0 Å². The molecule has 9 nitrogen and oxygen atoms in total. The van der Waals surface area contributed by atoms with Gasteiger partial charge in [-0.3, -0.25) is 9.20 Å². The highest BCUT2D eigenvalue weighted by molar-refractivity contribution is 5.98. The van der Waals surface area contributed by atoms with Gasteiger partial charge in [-0.05, 0) is 31.5 Å². The Morgan fingerprint density at radius 2 is 2.03 bits per heavy atom. The van der Waals surface area contributed by atoms with E-state index in [1.807, 2.05) is 0 Å². The standard InChI is InChI=1S/C25H21F4N7O2/c1-13-31-8-21-23(30)33-19-7-18(26)17(6-20(19)36(13)21)24(37)35(16-4-5-38-12-16)11-15-10-34-9-14(25(27,28)29)2-3-22(34)32-15/h2-3,6-10,16H,4-5,11-12H2,1H3,(H2,30,33). The molecule has 1 aliphatic heterocycles. The number of halogens is 4. The maximum absolute atomic E-state index is 15.3. The Hall–Kier alpha value is -4.26. The predicted molar refractivity (Wildman–Crippen MR) is 129 cm³/mol. The maximum Gasteiger partial charge on any atom is 0.417 e. The minimum atomic E-state index is -4.51. The summed E-state index contributed by atoms with van der Waals surface area (Å²) in [5.74, 6) is -0.606. The van der Waals surface area contributed by atoms with E-state index in [-0.39, 0.29) is 36.1 Å². The van der Waals surface area contributed by atoms with Gasteiger partial charge in [0.25, 0.3) is 5.91 Å². The van der Waals surface area contributed by atoms with Crippen LogP contribution in [0.4, 0.5) is 23.4 Å². The molecule has 0 radical (unpaired) electrons. The number of nitrogens with zero attached hydrogens (tertiary/aromatic N) is 6. The number of aryl methyl sites for hydroxylation is 1. The smallest absolute Gasteiger partial charge is 0.382 e. The summed E-state index contributed by atoms with van der Waals surface area (Å²) >= 11 is 0. The van der Waals surface area contributed by atoms with Gasteiger partial charge in [0.1, 0.15) is 28.6 Å². The molecule has 5 heterocycles. The summed E-state index contributed by atoms with van der Waals surface area (Å²) in [5.41, 5.74) is 6.91. The number of carbonyl (C=O) groups excluding carboxylic acids is 1. The third kappa shape index (κ3) is 3.99.